The SMILES string of the molecule is CC(C)CCN(CCC(C)C)C(=O)c1ccn2nc(-c3ccc(Br)cc3)c(C=CC=O)c2c1. The van der Waals surface area contributed by atoms with Crippen molar-refractivity contribution < 1.29 is 9.59 Å². The highest BCUT2D eigenvalue weighted by molar-refractivity contribution is 9.10. The molecule has 2 aromatic heterocycles. The number of amides is 1. The zero-order valence-corrected chi connectivity index (χ0v) is 21.4. The molecule has 1 amide bonds. The smallest absolute Gasteiger partial charge is 0.253 e. The van der Waals surface area contributed by atoms with Crippen molar-refractivity contribution in [2.45, 2.75) is 40.5 Å². The fourth-order valence-electron chi connectivity index (χ4n) is 3.64. The van der Waals surface area contributed by atoms with E-state index in [4.69, 9.17) is 5.10 Å². The summed E-state index contributed by atoms with van der Waals surface area (Å²) in [5.41, 5.74) is 3.95. The third kappa shape index (κ3) is 6.41. The lowest BCUT2D eigenvalue weighted by atomic mass is 10.0. The lowest BCUT2D eigenvalue weighted by Gasteiger charge is -2.24. The van der Waals surface area contributed by atoms with Crippen LogP contribution in [0.15, 0.2) is 53.1 Å². The van der Waals surface area contributed by atoms with Crippen LogP contribution in [0.2, 0.25) is 0 Å². The topological polar surface area (TPSA) is 54.7 Å². The van der Waals surface area contributed by atoms with E-state index in [2.05, 4.69) is 43.6 Å². The van der Waals surface area contributed by atoms with Gasteiger partial charge in [-0.2, -0.15) is 5.10 Å². The second-order valence-electron chi connectivity index (χ2n) is 9.17. The zero-order chi connectivity index (χ0) is 24.0. The Morgan fingerprint density at radius 2 is 1.70 bits per heavy atom. The first-order chi connectivity index (χ1) is 15.8. The number of aromatic nitrogens is 2. The van der Waals surface area contributed by atoms with Crippen molar-refractivity contribution in [1.82, 2.24) is 14.5 Å². The number of hydrogen-bond acceptors (Lipinski definition) is 3. The Balaban J connectivity index is 2.03. The van der Waals surface area contributed by atoms with Crippen molar-refractivity contribution in [1.29, 1.82) is 0 Å². The maximum atomic E-state index is 13.5. The Bertz CT molecular complexity index is 1120. The van der Waals surface area contributed by atoms with Gasteiger partial charge in [0.25, 0.3) is 5.91 Å². The van der Waals surface area contributed by atoms with E-state index < -0.39 is 0 Å². The maximum absolute atomic E-state index is 13.5. The molecule has 0 saturated carbocycles. The number of allylic oxidation sites excluding steroid dienone is 1. The van der Waals surface area contributed by atoms with E-state index in [1.165, 1.54) is 6.08 Å². The molecule has 0 atom stereocenters. The molecule has 0 N–H and O–H groups in total. The molecule has 2 heterocycles. The first-order valence-electron chi connectivity index (χ1n) is 11.5. The molecule has 0 aliphatic carbocycles. The van der Waals surface area contributed by atoms with Crippen LogP contribution in [0.25, 0.3) is 22.9 Å². The van der Waals surface area contributed by atoms with Gasteiger partial charge in [-0.3, -0.25) is 9.59 Å². The van der Waals surface area contributed by atoms with Crippen LogP contribution < -0.4 is 0 Å². The van der Waals surface area contributed by atoms with Gasteiger partial charge in [0.15, 0.2) is 0 Å². The predicted octanol–water partition coefficient (Wildman–Crippen LogP) is 6.51. The molecule has 0 radical (unpaired) electrons. The first kappa shape index (κ1) is 24.9. The van der Waals surface area contributed by atoms with E-state index in [-0.39, 0.29) is 5.91 Å². The first-order valence-corrected chi connectivity index (χ1v) is 12.3. The Kier molecular flexibility index (Phi) is 8.61. The van der Waals surface area contributed by atoms with Gasteiger partial charge in [-0.1, -0.05) is 55.8 Å². The van der Waals surface area contributed by atoms with Gasteiger partial charge in [0.2, 0.25) is 0 Å². The number of benzene rings is 1. The summed E-state index contributed by atoms with van der Waals surface area (Å²) < 4.78 is 2.75. The van der Waals surface area contributed by atoms with Crippen LogP contribution in [0.1, 0.15) is 56.5 Å². The number of fused-ring (bicyclic) bond motifs is 1. The van der Waals surface area contributed by atoms with Crippen molar-refractivity contribution in [2.75, 3.05) is 13.1 Å². The standard InChI is InChI=1S/C27H32BrN3O2/c1-19(2)11-14-30(15-12-20(3)4)27(33)22-13-16-31-25(18-22)24(6-5-17-32)26(29-31)21-7-9-23(28)10-8-21/h5-10,13,16-20H,11-12,14-15H2,1-4H3. The molecule has 0 unspecified atom stereocenters. The third-order valence-electron chi connectivity index (χ3n) is 5.62. The van der Waals surface area contributed by atoms with Crippen molar-refractivity contribution in [3.63, 3.8) is 0 Å². The van der Waals surface area contributed by atoms with E-state index in [1.807, 2.05) is 47.5 Å². The molecule has 0 aliphatic heterocycles. The van der Waals surface area contributed by atoms with Gasteiger partial charge in [0.05, 0.1) is 5.52 Å². The number of aldehydes is 1. The van der Waals surface area contributed by atoms with Gasteiger partial charge in [0.1, 0.15) is 12.0 Å². The highest BCUT2D eigenvalue weighted by Gasteiger charge is 2.19. The lowest BCUT2D eigenvalue weighted by molar-refractivity contribution is -0.104. The number of carbonyl (C=O) groups excluding carboxylic acids is 2. The Hall–Kier alpha value is -2.73. The quantitative estimate of drug-likeness (QED) is 0.231. The summed E-state index contributed by atoms with van der Waals surface area (Å²) in [6, 6.07) is 11.6. The van der Waals surface area contributed by atoms with Gasteiger partial charge in [-0.25, -0.2) is 4.52 Å². The van der Waals surface area contributed by atoms with E-state index in [0.717, 1.165) is 59.0 Å². The van der Waals surface area contributed by atoms with Crippen LogP contribution >= 0.6 is 15.9 Å². The van der Waals surface area contributed by atoms with Crippen LogP contribution in [0.5, 0.6) is 0 Å². The van der Waals surface area contributed by atoms with Gasteiger partial charge in [-0.05, 0) is 61.1 Å². The van der Waals surface area contributed by atoms with Crippen molar-refractivity contribution in [3.05, 3.63) is 64.3 Å². The highest BCUT2D eigenvalue weighted by atomic mass is 79.9. The molecule has 6 heteroatoms. The molecular weight excluding hydrogens is 478 g/mol. The second kappa shape index (κ2) is 11.4. The van der Waals surface area contributed by atoms with Crippen LogP contribution in [-0.4, -0.2) is 39.8 Å². The monoisotopic (exact) mass is 509 g/mol. The summed E-state index contributed by atoms with van der Waals surface area (Å²) in [5, 5.41) is 4.74. The molecule has 174 valence electrons. The average Bonchev–Trinajstić information content (AvgIpc) is 3.15. The number of hydrogen-bond donors (Lipinski definition) is 0. The lowest BCUT2D eigenvalue weighted by Crippen LogP contribution is -2.34. The minimum atomic E-state index is 0.0375. The molecular formula is C27H32BrN3O2. The van der Waals surface area contributed by atoms with Crippen molar-refractivity contribution in [3.8, 4) is 11.3 Å². The molecule has 3 aromatic rings. The molecule has 0 fully saturated rings. The molecule has 3 rings (SSSR count). The number of halogens is 1. The number of nitrogens with zero attached hydrogens (tertiary/aromatic N) is 3. The summed E-state index contributed by atoms with van der Waals surface area (Å²) in [6.45, 7) is 10.2. The minimum absolute atomic E-state index is 0.0375. The maximum Gasteiger partial charge on any atom is 0.253 e. The van der Waals surface area contributed by atoms with E-state index >= 15 is 0 Å². The Morgan fingerprint density at radius 1 is 1.06 bits per heavy atom. The van der Waals surface area contributed by atoms with Crippen LogP contribution in [0, 0.1) is 11.8 Å². The third-order valence-corrected chi connectivity index (χ3v) is 6.15. The fraction of sp³-hybridized carbons (Fsp3) is 0.370. The predicted molar refractivity (Wildman–Crippen MR) is 138 cm³/mol. The zero-order valence-electron chi connectivity index (χ0n) is 19.8. The van der Waals surface area contributed by atoms with Crippen molar-refractivity contribution >= 4 is 39.7 Å². The Morgan fingerprint density at radius 3 is 2.27 bits per heavy atom. The number of pyridine rings is 1. The van der Waals surface area contributed by atoms with E-state index in [1.54, 1.807) is 10.6 Å². The van der Waals surface area contributed by atoms with Crippen LogP contribution in [-0.2, 0) is 4.79 Å². The fourth-order valence-corrected chi connectivity index (χ4v) is 3.91. The molecule has 0 aliphatic rings. The van der Waals surface area contributed by atoms with Crippen LogP contribution in [0.3, 0.4) is 0 Å². The number of rotatable bonds is 10. The van der Waals surface area contributed by atoms with Gasteiger partial charge < -0.3 is 4.90 Å². The Labute approximate surface area is 204 Å². The van der Waals surface area contributed by atoms with Gasteiger partial charge >= 0.3 is 0 Å². The molecule has 0 bridgehead atoms. The highest BCUT2D eigenvalue weighted by Crippen LogP contribution is 2.29. The van der Waals surface area contributed by atoms with Gasteiger partial charge in [0, 0.05) is 40.4 Å². The molecule has 33 heavy (non-hydrogen) atoms. The normalized spacial score (nSPS) is 11.7. The summed E-state index contributed by atoms with van der Waals surface area (Å²) >= 11 is 3.47. The summed E-state index contributed by atoms with van der Waals surface area (Å²) in [4.78, 5) is 26.5. The molecule has 5 nitrogen and oxygen atoms in total. The van der Waals surface area contributed by atoms with Gasteiger partial charge in [-0.15, -0.1) is 0 Å². The van der Waals surface area contributed by atoms with E-state index in [9.17, 15) is 9.59 Å². The minimum Gasteiger partial charge on any atom is -0.339 e. The second-order valence-corrected chi connectivity index (χ2v) is 10.1. The van der Waals surface area contributed by atoms with Crippen LogP contribution in [0.4, 0.5) is 0 Å². The molecule has 1 aromatic carbocycles. The van der Waals surface area contributed by atoms with Crippen molar-refractivity contribution in [2.24, 2.45) is 11.8 Å². The molecule has 0 spiro atoms. The summed E-state index contributed by atoms with van der Waals surface area (Å²) in [5.74, 6) is 1.10. The molecule has 0 saturated heterocycles. The largest absolute Gasteiger partial charge is 0.339 e. The summed E-state index contributed by atoms with van der Waals surface area (Å²) in [6.07, 6.45) is 7.75. The van der Waals surface area contributed by atoms with E-state index in [0.29, 0.717) is 17.4 Å². The number of carbonyl (C=O) groups is 2. The average molecular weight is 510 g/mol. The summed E-state index contributed by atoms with van der Waals surface area (Å²) in [7, 11) is 0.